The summed E-state index contributed by atoms with van der Waals surface area (Å²) in [4.78, 5) is 13.0. The van der Waals surface area contributed by atoms with Crippen LogP contribution >= 0.6 is 0 Å². The molecule has 2 aromatic rings. The van der Waals surface area contributed by atoms with Gasteiger partial charge in [-0.1, -0.05) is 6.07 Å². The first-order valence-corrected chi connectivity index (χ1v) is 7.86. The van der Waals surface area contributed by atoms with Crippen LogP contribution in [0.25, 0.3) is 5.82 Å². The molecule has 0 radical (unpaired) electrons. The number of aromatic nitrogens is 3. The average molecular weight is 316 g/mol. The molecule has 2 rings (SSSR count). The number of rotatable bonds is 8. The maximum absolute atomic E-state index is 5.31. The first kappa shape index (κ1) is 17.0. The molecule has 2 N–H and O–H groups in total. The third-order valence-corrected chi connectivity index (χ3v) is 3.09. The number of guanidine groups is 1. The first-order chi connectivity index (χ1) is 11.3. The van der Waals surface area contributed by atoms with Crippen LogP contribution < -0.4 is 10.6 Å². The third kappa shape index (κ3) is 5.71. The Bertz CT molecular complexity index is 579. The molecule has 0 aliphatic heterocycles. The van der Waals surface area contributed by atoms with Crippen molar-refractivity contribution in [3.05, 3.63) is 42.6 Å². The van der Waals surface area contributed by atoms with Crippen LogP contribution in [-0.2, 0) is 11.3 Å². The number of imidazole rings is 1. The zero-order valence-corrected chi connectivity index (χ0v) is 13.7. The van der Waals surface area contributed by atoms with Gasteiger partial charge in [-0.15, -0.1) is 0 Å². The van der Waals surface area contributed by atoms with Crippen molar-refractivity contribution in [2.45, 2.75) is 20.4 Å². The molecule has 2 aromatic heterocycles. The van der Waals surface area contributed by atoms with Crippen LogP contribution in [0, 0.1) is 0 Å². The van der Waals surface area contributed by atoms with E-state index in [0.717, 1.165) is 37.0 Å². The molecule has 0 atom stereocenters. The molecule has 0 saturated heterocycles. The van der Waals surface area contributed by atoms with Crippen molar-refractivity contribution in [3.63, 3.8) is 0 Å². The number of ether oxygens (including phenoxy) is 1. The molecule has 7 nitrogen and oxygen atoms in total. The SMILES string of the molecule is CCNC(=NCc1ccc(-n2ccnc2)nc1)NCCOCC. The highest BCUT2D eigenvalue weighted by molar-refractivity contribution is 5.79. The Kier molecular flexibility index (Phi) is 7.06. The lowest BCUT2D eigenvalue weighted by Crippen LogP contribution is -2.39. The zero-order chi connectivity index (χ0) is 16.3. The van der Waals surface area contributed by atoms with Gasteiger partial charge in [0, 0.05) is 38.3 Å². The van der Waals surface area contributed by atoms with Crippen LogP contribution in [0.2, 0.25) is 0 Å². The molecule has 124 valence electrons. The van der Waals surface area contributed by atoms with Gasteiger partial charge in [-0.05, 0) is 25.5 Å². The Labute approximate surface area is 136 Å². The maximum Gasteiger partial charge on any atom is 0.191 e. The van der Waals surface area contributed by atoms with Crippen LogP contribution in [0.5, 0.6) is 0 Å². The largest absolute Gasteiger partial charge is 0.380 e. The van der Waals surface area contributed by atoms with Crippen molar-refractivity contribution < 1.29 is 4.74 Å². The van der Waals surface area contributed by atoms with Gasteiger partial charge in [0.15, 0.2) is 5.96 Å². The Morgan fingerprint density at radius 3 is 2.87 bits per heavy atom. The molecule has 0 aliphatic carbocycles. The normalized spacial score (nSPS) is 11.5. The van der Waals surface area contributed by atoms with E-state index < -0.39 is 0 Å². The van der Waals surface area contributed by atoms with E-state index in [-0.39, 0.29) is 0 Å². The quantitative estimate of drug-likeness (QED) is 0.437. The summed E-state index contributed by atoms with van der Waals surface area (Å²) in [6.07, 6.45) is 7.16. The summed E-state index contributed by atoms with van der Waals surface area (Å²) < 4.78 is 7.18. The second-order valence-electron chi connectivity index (χ2n) is 4.81. The van der Waals surface area contributed by atoms with Gasteiger partial charge in [0.25, 0.3) is 0 Å². The minimum Gasteiger partial charge on any atom is -0.380 e. The van der Waals surface area contributed by atoms with Gasteiger partial charge >= 0.3 is 0 Å². The Morgan fingerprint density at radius 2 is 2.22 bits per heavy atom. The number of aliphatic imine (C=N–C) groups is 1. The van der Waals surface area contributed by atoms with E-state index in [1.807, 2.05) is 42.9 Å². The lowest BCUT2D eigenvalue weighted by Gasteiger charge is -2.11. The highest BCUT2D eigenvalue weighted by atomic mass is 16.5. The summed E-state index contributed by atoms with van der Waals surface area (Å²) in [6.45, 7) is 7.55. The van der Waals surface area contributed by atoms with E-state index in [1.54, 1.807) is 12.5 Å². The predicted octanol–water partition coefficient (Wildman–Crippen LogP) is 1.36. The summed E-state index contributed by atoms with van der Waals surface area (Å²) in [6, 6.07) is 3.98. The lowest BCUT2D eigenvalue weighted by atomic mass is 10.3. The van der Waals surface area contributed by atoms with Crippen molar-refractivity contribution in [1.82, 2.24) is 25.2 Å². The molecular weight excluding hydrogens is 292 g/mol. The average Bonchev–Trinajstić information content (AvgIpc) is 3.11. The molecule has 7 heteroatoms. The van der Waals surface area contributed by atoms with Crippen LogP contribution in [0.15, 0.2) is 42.0 Å². The van der Waals surface area contributed by atoms with Gasteiger partial charge in [-0.2, -0.15) is 0 Å². The van der Waals surface area contributed by atoms with Gasteiger partial charge in [0.05, 0.1) is 13.2 Å². The minimum atomic E-state index is 0.571. The molecule has 0 amide bonds. The third-order valence-electron chi connectivity index (χ3n) is 3.09. The van der Waals surface area contributed by atoms with Gasteiger partial charge in [0.2, 0.25) is 0 Å². The van der Waals surface area contributed by atoms with E-state index in [1.165, 1.54) is 0 Å². The van der Waals surface area contributed by atoms with Gasteiger partial charge < -0.3 is 15.4 Å². The zero-order valence-electron chi connectivity index (χ0n) is 13.7. The number of hydrogen-bond acceptors (Lipinski definition) is 4. The molecule has 0 bridgehead atoms. The molecule has 0 unspecified atom stereocenters. The Hall–Kier alpha value is -2.41. The highest BCUT2D eigenvalue weighted by Crippen LogP contribution is 2.06. The second kappa shape index (κ2) is 9.58. The molecule has 0 aromatic carbocycles. The summed E-state index contributed by atoms with van der Waals surface area (Å²) >= 11 is 0. The molecule has 2 heterocycles. The standard InChI is InChI=1S/C16H24N6O/c1-3-18-16(19-8-10-23-4-2)21-12-14-5-6-15(20-11-14)22-9-7-17-13-22/h5-7,9,11,13H,3-4,8,10,12H2,1-2H3,(H2,18,19,21). The van der Waals surface area contributed by atoms with E-state index in [2.05, 4.69) is 25.6 Å². The topological polar surface area (TPSA) is 76.4 Å². The van der Waals surface area contributed by atoms with Crippen molar-refractivity contribution in [2.75, 3.05) is 26.3 Å². The van der Waals surface area contributed by atoms with Gasteiger partial charge in [-0.25, -0.2) is 15.0 Å². The molecule has 0 saturated carbocycles. The Balaban J connectivity index is 1.90. The van der Waals surface area contributed by atoms with Gasteiger partial charge in [0.1, 0.15) is 12.1 Å². The van der Waals surface area contributed by atoms with E-state index >= 15 is 0 Å². The smallest absolute Gasteiger partial charge is 0.191 e. The summed E-state index contributed by atoms with van der Waals surface area (Å²) in [7, 11) is 0. The molecule has 23 heavy (non-hydrogen) atoms. The molecule has 0 spiro atoms. The second-order valence-corrected chi connectivity index (χ2v) is 4.81. The van der Waals surface area contributed by atoms with Crippen LogP contribution in [0.3, 0.4) is 0 Å². The van der Waals surface area contributed by atoms with Crippen molar-refractivity contribution >= 4 is 5.96 Å². The number of hydrogen-bond donors (Lipinski definition) is 2. The van der Waals surface area contributed by atoms with E-state index in [0.29, 0.717) is 13.2 Å². The van der Waals surface area contributed by atoms with Crippen LogP contribution in [0.1, 0.15) is 19.4 Å². The monoisotopic (exact) mass is 316 g/mol. The van der Waals surface area contributed by atoms with E-state index in [9.17, 15) is 0 Å². The molecule has 0 fully saturated rings. The summed E-state index contributed by atoms with van der Waals surface area (Å²) in [5.74, 6) is 1.63. The summed E-state index contributed by atoms with van der Waals surface area (Å²) in [5.41, 5.74) is 1.05. The Morgan fingerprint density at radius 1 is 1.30 bits per heavy atom. The fourth-order valence-corrected chi connectivity index (χ4v) is 1.96. The minimum absolute atomic E-state index is 0.571. The maximum atomic E-state index is 5.31. The molecule has 0 aliphatic rings. The fraction of sp³-hybridized carbons (Fsp3) is 0.438. The number of nitrogens with one attached hydrogen (secondary N) is 2. The fourth-order valence-electron chi connectivity index (χ4n) is 1.96. The lowest BCUT2D eigenvalue weighted by molar-refractivity contribution is 0.152. The number of nitrogens with zero attached hydrogens (tertiary/aromatic N) is 4. The van der Waals surface area contributed by atoms with Gasteiger partial charge in [-0.3, -0.25) is 4.57 Å². The highest BCUT2D eigenvalue weighted by Gasteiger charge is 2.00. The van der Waals surface area contributed by atoms with Crippen LogP contribution in [0.4, 0.5) is 0 Å². The molecular formula is C16H24N6O. The number of pyridine rings is 1. The van der Waals surface area contributed by atoms with Crippen molar-refractivity contribution in [2.24, 2.45) is 4.99 Å². The summed E-state index contributed by atoms with van der Waals surface area (Å²) in [5, 5.41) is 6.45. The van der Waals surface area contributed by atoms with Crippen molar-refractivity contribution in [1.29, 1.82) is 0 Å². The first-order valence-electron chi connectivity index (χ1n) is 7.86. The van der Waals surface area contributed by atoms with E-state index in [4.69, 9.17) is 4.74 Å². The predicted molar refractivity (Wildman–Crippen MR) is 90.7 cm³/mol. The van der Waals surface area contributed by atoms with Crippen molar-refractivity contribution in [3.8, 4) is 5.82 Å². The van der Waals surface area contributed by atoms with Crippen LogP contribution in [-0.4, -0.2) is 46.8 Å².